The Bertz CT molecular complexity index is 684. The van der Waals surface area contributed by atoms with Gasteiger partial charge in [-0.1, -0.05) is 12.1 Å². The van der Waals surface area contributed by atoms with Gasteiger partial charge in [0.05, 0.1) is 7.11 Å². The predicted molar refractivity (Wildman–Crippen MR) is 88.7 cm³/mol. The first-order valence-electron chi connectivity index (χ1n) is 7.16. The molecule has 6 nitrogen and oxygen atoms in total. The molecule has 0 aromatic heterocycles. The van der Waals surface area contributed by atoms with Gasteiger partial charge in [0, 0.05) is 17.8 Å². The number of nitrogens with one attached hydrogen (secondary N) is 2. The van der Waals surface area contributed by atoms with Gasteiger partial charge >= 0.3 is 6.03 Å². The standard InChI is InChI=1S/C17H19N3O3/c1-23-15-4-2-3-12(11-15)9-10-19-17(22)20-14-7-5-13(6-8-14)16(18)21/h2-8,11H,9-10H2,1H3,(H2,18,21)(H2,19,20,22). The summed E-state index contributed by atoms with van der Waals surface area (Å²) in [6.07, 6.45) is 0.700. The number of anilines is 1. The molecule has 0 saturated carbocycles. The summed E-state index contributed by atoms with van der Waals surface area (Å²) in [5, 5.41) is 5.46. The maximum Gasteiger partial charge on any atom is 0.319 e. The third-order valence-corrected chi connectivity index (χ3v) is 3.26. The van der Waals surface area contributed by atoms with Gasteiger partial charge in [0.1, 0.15) is 5.75 Å². The van der Waals surface area contributed by atoms with Crippen molar-refractivity contribution in [3.05, 3.63) is 59.7 Å². The van der Waals surface area contributed by atoms with Gasteiger partial charge in [-0.15, -0.1) is 0 Å². The molecule has 0 aliphatic heterocycles. The van der Waals surface area contributed by atoms with Crippen molar-refractivity contribution in [2.45, 2.75) is 6.42 Å². The maximum atomic E-state index is 11.8. The summed E-state index contributed by atoms with van der Waals surface area (Å²) in [7, 11) is 1.62. The summed E-state index contributed by atoms with van der Waals surface area (Å²) < 4.78 is 5.16. The zero-order chi connectivity index (χ0) is 16.7. The second-order valence-electron chi connectivity index (χ2n) is 4.92. The summed E-state index contributed by atoms with van der Waals surface area (Å²) in [6, 6.07) is 13.8. The largest absolute Gasteiger partial charge is 0.497 e. The van der Waals surface area contributed by atoms with E-state index in [4.69, 9.17) is 10.5 Å². The number of hydrogen-bond acceptors (Lipinski definition) is 3. The maximum absolute atomic E-state index is 11.8. The molecule has 0 aliphatic carbocycles. The van der Waals surface area contributed by atoms with Gasteiger partial charge in [0.25, 0.3) is 0 Å². The van der Waals surface area contributed by atoms with E-state index in [1.54, 1.807) is 31.4 Å². The predicted octanol–water partition coefficient (Wildman–Crippen LogP) is 2.16. The Balaban J connectivity index is 1.79. The van der Waals surface area contributed by atoms with Gasteiger partial charge < -0.3 is 21.1 Å². The van der Waals surface area contributed by atoms with Crippen LogP contribution in [0.25, 0.3) is 0 Å². The van der Waals surface area contributed by atoms with Crippen LogP contribution in [0, 0.1) is 0 Å². The molecule has 0 unspecified atom stereocenters. The van der Waals surface area contributed by atoms with E-state index in [-0.39, 0.29) is 6.03 Å². The zero-order valence-electron chi connectivity index (χ0n) is 12.8. The van der Waals surface area contributed by atoms with Crippen LogP contribution in [0.5, 0.6) is 5.75 Å². The number of rotatable bonds is 6. The molecule has 4 N–H and O–H groups in total. The molecule has 2 aromatic rings. The van der Waals surface area contributed by atoms with E-state index < -0.39 is 5.91 Å². The van der Waals surface area contributed by atoms with E-state index in [1.165, 1.54) is 0 Å². The number of primary amides is 1. The molecule has 0 fully saturated rings. The monoisotopic (exact) mass is 313 g/mol. The third kappa shape index (κ3) is 5.03. The smallest absolute Gasteiger partial charge is 0.319 e. The average Bonchev–Trinajstić information content (AvgIpc) is 2.55. The molecule has 2 rings (SSSR count). The van der Waals surface area contributed by atoms with Crippen molar-refractivity contribution in [2.75, 3.05) is 19.0 Å². The minimum Gasteiger partial charge on any atom is -0.497 e. The van der Waals surface area contributed by atoms with Crippen LogP contribution < -0.4 is 21.1 Å². The van der Waals surface area contributed by atoms with Gasteiger partial charge in [0.15, 0.2) is 0 Å². The molecule has 120 valence electrons. The summed E-state index contributed by atoms with van der Waals surface area (Å²) in [5.74, 6) is 0.292. The average molecular weight is 313 g/mol. The third-order valence-electron chi connectivity index (χ3n) is 3.26. The first-order valence-corrected chi connectivity index (χ1v) is 7.16. The lowest BCUT2D eigenvalue weighted by Crippen LogP contribution is -2.30. The fourth-order valence-corrected chi connectivity index (χ4v) is 2.04. The SMILES string of the molecule is COc1cccc(CCNC(=O)Nc2ccc(C(N)=O)cc2)c1. The Labute approximate surface area is 134 Å². The van der Waals surface area contributed by atoms with Crippen molar-refractivity contribution in [1.29, 1.82) is 0 Å². The highest BCUT2D eigenvalue weighted by Crippen LogP contribution is 2.12. The van der Waals surface area contributed by atoms with E-state index in [1.807, 2.05) is 24.3 Å². The normalized spacial score (nSPS) is 9.96. The fraction of sp³-hybridized carbons (Fsp3) is 0.176. The van der Waals surface area contributed by atoms with Gasteiger partial charge in [0.2, 0.25) is 5.91 Å². The van der Waals surface area contributed by atoms with E-state index in [2.05, 4.69) is 10.6 Å². The van der Waals surface area contributed by atoms with Crippen LogP contribution in [0.15, 0.2) is 48.5 Å². The molecule has 0 aliphatic rings. The Kier molecular flexibility index (Phi) is 5.57. The topological polar surface area (TPSA) is 93.4 Å². The molecule has 0 heterocycles. The number of methoxy groups -OCH3 is 1. The number of hydrogen-bond donors (Lipinski definition) is 3. The van der Waals surface area contributed by atoms with Crippen LogP contribution in [0.3, 0.4) is 0 Å². The highest BCUT2D eigenvalue weighted by Gasteiger charge is 2.04. The summed E-state index contributed by atoms with van der Waals surface area (Å²) in [4.78, 5) is 22.8. The van der Waals surface area contributed by atoms with Crippen LogP contribution in [0.2, 0.25) is 0 Å². The van der Waals surface area contributed by atoms with E-state index in [0.29, 0.717) is 24.2 Å². The van der Waals surface area contributed by atoms with Crippen molar-refractivity contribution in [3.63, 3.8) is 0 Å². The number of urea groups is 1. The van der Waals surface area contributed by atoms with Gasteiger partial charge in [-0.3, -0.25) is 4.79 Å². The second kappa shape index (κ2) is 7.84. The second-order valence-corrected chi connectivity index (χ2v) is 4.92. The molecule has 3 amide bonds. The van der Waals surface area contributed by atoms with Crippen LogP contribution >= 0.6 is 0 Å². The Morgan fingerprint density at radius 1 is 1.13 bits per heavy atom. The Morgan fingerprint density at radius 3 is 2.52 bits per heavy atom. The lowest BCUT2D eigenvalue weighted by Gasteiger charge is -2.08. The molecule has 23 heavy (non-hydrogen) atoms. The van der Waals surface area contributed by atoms with E-state index >= 15 is 0 Å². The Morgan fingerprint density at radius 2 is 1.87 bits per heavy atom. The van der Waals surface area contributed by atoms with Crippen LogP contribution in [0.4, 0.5) is 10.5 Å². The van der Waals surface area contributed by atoms with Gasteiger partial charge in [-0.2, -0.15) is 0 Å². The lowest BCUT2D eigenvalue weighted by molar-refractivity contribution is 0.100. The number of benzene rings is 2. The van der Waals surface area contributed by atoms with Crippen LogP contribution in [-0.4, -0.2) is 25.6 Å². The van der Waals surface area contributed by atoms with Gasteiger partial charge in [-0.05, 0) is 48.4 Å². The van der Waals surface area contributed by atoms with Gasteiger partial charge in [-0.25, -0.2) is 4.79 Å². The highest BCUT2D eigenvalue weighted by molar-refractivity contribution is 5.94. The molecule has 2 aromatic carbocycles. The van der Waals surface area contributed by atoms with Crippen molar-refractivity contribution in [3.8, 4) is 5.75 Å². The van der Waals surface area contributed by atoms with E-state index in [9.17, 15) is 9.59 Å². The highest BCUT2D eigenvalue weighted by atomic mass is 16.5. The lowest BCUT2D eigenvalue weighted by atomic mass is 10.1. The Hall–Kier alpha value is -3.02. The first kappa shape index (κ1) is 16.4. The number of carbonyl (C=O) groups is 2. The minimum atomic E-state index is -0.501. The molecule has 6 heteroatoms. The number of amides is 3. The first-order chi connectivity index (χ1) is 11.1. The molecule has 0 atom stereocenters. The summed E-state index contributed by atoms with van der Waals surface area (Å²) >= 11 is 0. The minimum absolute atomic E-state index is 0.306. The number of nitrogens with two attached hydrogens (primary N) is 1. The fourth-order valence-electron chi connectivity index (χ4n) is 2.04. The van der Waals surface area contributed by atoms with Crippen molar-refractivity contribution in [1.82, 2.24) is 5.32 Å². The van der Waals surface area contributed by atoms with Crippen molar-refractivity contribution >= 4 is 17.6 Å². The summed E-state index contributed by atoms with van der Waals surface area (Å²) in [6.45, 7) is 0.498. The van der Waals surface area contributed by atoms with Crippen molar-refractivity contribution in [2.24, 2.45) is 5.73 Å². The molecular weight excluding hydrogens is 294 g/mol. The number of ether oxygens (including phenoxy) is 1. The summed E-state index contributed by atoms with van der Waals surface area (Å²) in [5.41, 5.74) is 7.23. The molecule has 0 bridgehead atoms. The quantitative estimate of drug-likeness (QED) is 0.763. The van der Waals surface area contributed by atoms with E-state index in [0.717, 1.165) is 11.3 Å². The van der Waals surface area contributed by atoms with Crippen LogP contribution in [0.1, 0.15) is 15.9 Å². The number of carbonyl (C=O) groups excluding carboxylic acids is 2. The van der Waals surface area contributed by atoms with Crippen LogP contribution in [-0.2, 0) is 6.42 Å². The molecule has 0 radical (unpaired) electrons. The molecule has 0 spiro atoms. The van der Waals surface area contributed by atoms with Crippen molar-refractivity contribution < 1.29 is 14.3 Å². The molecular formula is C17H19N3O3. The molecule has 0 saturated heterocycles. The zero-order valence-corrected chi connectivity index (χ0v) is 12.8.